The van der Waals surface area contributed by atoms with Gasteiger partial charge in [-0.15, -0.1) is 0 Å². The van der Waals surface area contributed by atoms with Crippen LogP contribution in [0, 0.1) is 0 Å². The molecule has 20 heavy (non-hydrogen) atoms. The van der Waals surface area contributed by atoms with E-state index in [4.69, 9.17) is 28.8 Å². The SMILES string of the molecule is CC1(C)OC[C@H]([C@@H]2O/C(=C/CO)[C@@H]3OC(C)(C)O[C@H]23)O1. The highest BCUT2D eigenvalue weighted by atomic mass is 16.8. The standard InChI is InChI=1S/C14H22O6/c1-13(2)16-7-9(18-13)10-12-11(8(17-10)5-6-15)19-14(3,4)20-12/h5,9-12,15H,6-7H2,1-4H3/b8-5+/t9-,10+,11+,12-/m1/s1. The van der Waals surface area contributed by atoms with Crippen molar-refractivity contribution in [3.8, 4) is 0 Å². The van der Waals surface area contributed by atoms with E-state index in [1.54, 1.807) is 6.08 Å². The average molecular weight is 286 g/mol. The van der Waals surface area contributed by atoms with Crippen LogP contribution in [0.5, 0.6) is 0 Å². The number of hydrogen-bond acceptors (Lipinski definition) is 6. The average Bonchev–Trinajstić information content (AvgIpc) is 2.92. The van der Waals surface area contributed by atoms with E-state index in [-0.39, 0.29) is 31.0 Å². The van der Waals surface area contributed by atoms with Crippen molar-refractivity contribution in [1.82, 2.24) is 0 Å². The molecule has 0 radical (unpaired) electrons. The highest BCUT2D eigenvalue weighted by Gasteiger charge is 2.57. The lowest BCUT2D eigenvalue weighted by atomic mass is 10.1. The van der Waals surface area contributed by atoms with Crippen molar-refractivity contribution in [2.24, 2.45) is 0 Å². The van der Waals surface area contributed by atoms with Crippen molar-refractivity contribution >= 4 is 0 Å². The third-order valence-electron chi connectivity index (χ3n) is 3.69. The van der Waals surface area contributed by atoms with Gasteiger partial charge in [0.25, 0.3) is 0 Å². The Morgan fingerprint density at radius 2 is 1.85 bits per heavy atom. The van der Waals surface area contributed by atoms with Gasteiger partial charge in [0.2, 0.25) is 0 Å². The first-order chi connectivity index (χ1) is 9.31. The smallest absolute Gasteiger partial charge is 0.164 e. The Morgan fingerprint density at radius 1 is 1.10 bits per heavy atom. The summed E-state index contributed by atoms with van der Waals surface area (Å²) in [5.41, 5.74) is 0. The van der Waals surface area contributed by atoms with Gasteiger partial charge in [0.1, 0.15) is 24.1 Å². The predicted molar refractivity (Wildman–Crippen MR) is 68.8 cm³/mol. The van der Waals surface area contributed by atoms with Crippen LogP contribution in [0.2, 0.25) is 0 Å². The molecule has 0 bridgehead atoms. The Labute approximate surface area is 118 Å². The molecule has 0 aliphatic carbocycles. The van der Waals surface area contributed by atoms with Gasteiger partial charge < -0.3 is 28.8 Å². The molecule has 3 aliphatic heterocycles. The first-order valence-electron chi connectivity index (χ1n) is 6.96. The van der Waals surface area contributed by atoms with Gasteiger partial charge in [-0.2, -0.15) is 0 Å². The topological polar surface area (TPSA) is 66.4 Å². The van der Waals surface area contributed by atoms with Crippen molar-refractivity contribution < 1.29 is 28.8 Å². The van der Waals surface area contributed by atoms with Crippen molar-refractivity contribution in [2.75, 3.05) is 13.2 Å². The fraction of sp³-hybridized carbons (Fsp3) is 0.857. The van der Waals surface area contributed by atoms with Gasteiger partial charge in [0, 0.05) is 0 Å². The highest BCUT2D eigenvalue weighted by molar-refractivity contribution is 5.16. The maximum Gasteiger partial charge on any atom is 0.164 e. The molecule has 114 valence electrons. The maximum atomic E-state index is 9.10. The molecular weight excluding hydrogens is 264 g/mol. The van der Waals surface area contributed by atoms with Crippen LogP contribution >= 0.6 is 0 Å². The van der Waals surface area contributed by atoms with Crippen LogP contribution in [-0.2, 0) is 23.7 Å². The third kappa shape index (κ3) is 2.46. The van der Waals surface area contributed by atoms with E-state index in [9.17, 15) is 0 Å². The summed E-state index contributed by atoms with van der Waals surface area (Å²) in [6, 6.07) is 0. The molecule has 0 aromatic rings. The van der Waals surface area contributed by atoms with Gasteiger partial charge in [-0.1, -0.05) is 0 Å². The summed E-state index contributed by atoms with van der Waals surface area (Å²) in [5, 5.41) is 9.10. The van der Waals surface area contributed by atoms with Gasteiger partial charge in [-0.05, 0) is 33.8 Å². The molecule has 0 amide bonds. The minimum atomic E-state index is -0.666. The zero-order valence-corrected chi connectivity index (χ0v) is 12.3. The van der Waals surface area contributed by atoms with E-state index >= 15 is 0 Å². The van der Waals surface area contributed by atoms with E-state index in [0.717, 1.165) is 0 Å². The molecule has 0 aromatic carbocycles. The zero-order valence-electron chi connectivity index (χ0n) is 12.3. The van der Waals surface area contributed by atoms with Crippen LogP contribution in [-0.4, -0.2) is 54.3 Å². The molecule has 0 spiro atoms. The first-order valence-corrected chi connectivity index (χ1v) is 6.96. The Kier molecular flexibility index (Phi) is 3.34. The van der Waals surface area contributed by atoms with Crippen LogP contribution in [0.1, 0.15) is 27.7 Å². The number of fused-ring (bicyclic) bond motifs is 1. The van der Waals surface area contributed by atoms with Gasteiger partial charge in [0.15, 0.2) is 17.7 Å². The van der Waals surface area contributed by atoms with E-state index in [2.05, 4.69) is 0 Å². The number of ether oxygens (including phenoxy) is 5. The number of hydrogen-bond donors (Lipinski definition) is 1. The molecule has 4 atom stereocenters. The lowest BCUT2D eigenvalue weighted by molar-refractivity contribution is -0.187. The Balaban J connectivity index is 1.81. The van der Waals surface area contributed by atoms with E-state index in [1.807, 2.05) is 27.7 Å². The van der Waals surface area contributed by atoms with Crippen LogP contribution in [0.15, 0.2) is 11.8 Å². The Bertz CT molecular complexity index is 416. The lowest BCUT2D eigenvalue weighted by Gasteiger charge is -2.26. The molecule has 6 heteroatoms. The quantitative estimate of drug-likeness (QED) is 0.814. The van der Waals surface area contributed by atoms with Gasteiger partial charge in [0.05, 0.1) is 13.2 Å². The molecule has 3 heterocycles. The molecule has 3 fully saturated rings. The molecular formula is C14H22O6. The second-order valence-corrected chi connectivity index (χ2v) is 6.26. The summed E-state index contributed by atoms with van der Waals surface area (Å²) in [5.74, 6) is -0.663. The summed E-state index contributed by atoms with van der Waals surface area (Å²) >= 11 is 0. The summed E-state index contributed by atoms with van der Waals surface area (Å²) < 4.78 is 29.1. The van der Waals surface area contributed by atoms with Gasteiger partial charge in [-0.25, -0.2) is 0 Å². The molecule has 3 rings (SSSR count). The van der Waals surface area contributed by atoms with Gasteiger partial charge in [-0.3, -0.25) is 0 Å². The van der Waals surface area contributed by atoms with Gasteiger partial charge >= 0.3 is 0 Å². The van der Waals surface area contributed by atoms with Crippen molar-refractivity contribution in [1.29, 1.82) is 0 Å². The minimum absolute atomic E-state index is 0.0947. The summed E-state index contributed by atoms with van der Waals surface area (Å²) in [7, 11) is 0. The van der Waals surface area contributed by atoms with Crippen LogP contribution < -0.4 is 0 Å². The fourth-order valence-corrected chi connectivity index (χ4v) is 2.96. The van der Waals surface area contributed by atoms with Crippen LogP contribution in [0.3, 0.4) is 0 Å². The monoisotopic (exact) mass is 286 g/mol. The minimum Gasteiger partial charge on any atom is -0.486 e. The lowest BCUT2D eigenvalue weighted by Crippen LogP contribution is -2.40. The molecule has 0 saturated carbocycles. The third-order valence-corrected chi connectivity index (χ3v) is 3.69. The second-order valence-electron chi connectivity index (χ2n) is 6.26. The predicted octanol–water partition coefficient (Wildman–Crippen LogP) is 0.933. The molecule has 0 aromatic heterocycles. The number of rotatable bonds is 2. The van der Waals surface area contributed by atoms with Crippen molar-refractivity contribution in [3.05, 3.63) is 11.8 Å². The van der Waals surface area contributed by atoms with Crippen LogP contribution in [0.25, 0.3) is 0 Å². The largest absolute Gasteiger partial charge is 0.486 e. The number of aliphatic hydroxyl groups excluding tert-OH is 1. The summed E-state index contributed by atoms with van der Waals surface area (Å²) in [6.45, 7) is 7.85. The molecule has 3 saturated heterocycles. The summed E-state index contributed by atoms with van der Waals surface area (Å²) in [4.78, 5) is 0. The Morgan fingerprint density at radius 3 is 2.45 bits per heavy atom. The fourth-order valence-electron chi connectivity index (χ4n) is 2.96. The Hall–Kier alpha value is -0.660. The van der Waals surface area contributed by atoms with Crippen molar-refractivity contribution in [2.45, 2.75) is 63.7 Å². The van der Waals surface area contributed by atoms with E-state index < -0.39 is 11.6 Å². The number of aliphatic hydroxyl groups is 1. The van der Waals surface area contributed by atoms with Crippen molar-refractivity contribution in [3.63, 3.8) is 0 Å². The van der Waals surface area contributed by atoms with E-state index in [0.29, 0.717) is 12.4 Å². The molecule has 3 aliphatic rings. The van der Waals surface area contributed by atoms with Crippen LogP contribution in [0.4, 0.5) is 0 Å². The molecule has 0 unspecified atom stereocenters. The summed E-state index contributed by atoms with van der Waals surface area (Å²) in [6.07, 6.45) is 0.573. The first kappa shape index (κ1) is 14.3. The normalized spacial score (nSPS) is 43.8. The second kappa shape index (κ2) is 4.68. The highest BCUT2D eigenvalue weighted by Crippen LogP contribution is 2.43. The van der Waals surface area contributed by atoms with E-state index in [1.165, 1.54) is 0 Å². The molecule has 1 N–H and O–H groups in total. The maximum absolute atomic E-state index is 9.10. The zero-order chi connectivity index (χ0) is 14.5. The molecule has 6 nitrogen and oxygen atoms in total.